The summed E-state index contributed by atoms with van der Waals surface area (Å²) in [4.78, 5) is 4.82. The lowest BCUT2D eigenvalue weighted by Gasteiger charge is -2.22. The fraction of sp³-hybridized carbons (Fsp3) is 0.368. The van der Waals surface area contributed by atoms with Crippen molar-refractivity contribution in [2.24, 2.45) is 0 Å². The molecule has 0 radical (unpaired) electrons. The summed E-state index contributed by atoms with van der Waals surface area (Å²) >= 11 is 0. The fourth-order valence-electron chi connectivity index (χ4n) is 3.33. The van der Waals surface area contributed by atoms with Crippen LogP contribution in [0.5, 0.6) is 5.88 Å². The summed E-state index contributed by atoms with van der Waals surface area (Å²) in [6.45, 7) is 0. The molecule has 2 heterocycles. The van der Waals surface area contributed by atoms with Crippen molar-refractivity contribution < 1.29 is 13.2 Å². The predicted molar refractivity (Wildman–Crippen MR) is 103 cm³/mol. The highest BCUT2D eigenvalue weighted by Gasteiger charge is 2.17. The van der Waals surface area contributed by atoms with Gasteiger partial charge in [0.25, 0.3) is 0 Å². The molecule has 1 aliphatic carbocycles. The van der Waals surface area contributed by atoms with Gasteiger partial charge in [-0.2, -0.15) is 14.6 Å². The van der Waals surface area contributed by atoms with Crippen molar-refractivity contribution in [1.82, 2.24) is 14.6 Å². The first-order valence-electron chi connectivity index (χ1n) is 9.08. The number of benzene rings is 1. The Morgan fingerprint density at radius 3 is 2.56 bits per heavy atom. The monoisotopic (exact) mass is 386 g/mol. The first-order chi connectivity index (χ1) is 13.0. The van der Waals surface area contributed by atoms with E-state index in [1.807, 2.05) is 12.1 Å². The zero-order chi connectivity index (χ0) is 18.9. The lowest BCUT2D eigenvalue weighted by Crippen LogP contribution is -2.20. The van der Waals surface area contributed by atoms with Crippen LogP contribution in [0.3, 0.4) is 0 Å². The summed E-state index contributed by atoms with van der Waals surface area (Å²) in [6, 6.07) is 10.3. The number of fused-ring (bicyclic) bond motifs is 1. The van der Waals surface area contributed by atoms with Crippen LogP contribution in [0.1, 0.15) is 32.1 Å². The van der Waals surface area contributed by atoms with Gasteiger partial charge in [-0.3, -0.25) is 0 Å². The molecule has 3 aromatic rings. The van der Waals surface area contributed by atoms with Gasteiger partial charge in [-0.1, -0.05) is 6.42 Å². The molecule has 0 bridgehead atoms. The molecule has 0 aliphatic heterocycles. The Morgan fingerprint density at radius 2 is 1.85 bits per heavy atom. The molecule has 1 aliphatic rings. The van der Waals surface area contributed by atoms with Crippen molar-refractivity contribution in [1.29, 1.82) is 0 Å². The molecule has 1 N–H and O–H groups in total. The van der Waals surface area contributed by atoms with Gasteiger partial charge in [-0.25, -0.2) is 8.42 Å². The number of hydrogen-bond donors (Lipinski definition) is 1. The summed E-state index contributed by atoms with van der Waals surface area (Å²) in [5.41, 5.74) is 1.45. The van der Waals surface area contributed by atoms with Crippen molar-refractivity contribution in [2.45, 2.75) is 43.1 Å². The van der Waals surface area contributed by atoms with Crippen LogP contribution in [0.25, 0.3) is 5.65 Å². The number of nitrogens with one attached hydrogen (secondary N) is 1. The SMILES string of the molecule is CS(=O)(=O)c1ccc(Nc2cc(OC3CCCCC3)nc3ccnn23)cc1. The second-order valence-corrected chi connectivity index (χ2v) is 8.90. The Kier molecular flexibility index (Phi) is 4.73. The van der Waals surface area contributed by atoms with Crippen LogP contribution < -0.4 is 10.1 Å². The van der Waals surface area contributed by atoms with Crippen LogP contribution in [-0.2, 0) is 9.84 Å². The van der Waals surface area contributed by atoms with Gasteiger partial charge in [0.1, 0.15) is 11.9 Å². The summed E-state index contributed by atoms with van der Waals surface area (Å²) in [5.74, 6) is 1.29. The van der Waals surface area contributed by atoms with E-state index in [2.05, 4.69) is 15.4 Å². The normalized spacial score (nSPS) is 15.7. The number of ether oxygens (including phenoxy) is 1. The molecule has 1 fully saturated rings. The topological polar surface area (TPSA) is 85.6 Å². The summed E-state index contributed by atoms with van der Waals surface area (Å²) in [6.07, 6.45) is 8.85. The van der Waals surface area contributed by atoms with Crippen molar-refractivity contribution in [3.63, 3.8) is 0 Å². The van der Waals surface area contributed by atoms with Crippen molar-refractivity contribution >= 4 is 27.0 Å². The van der Waals surface area contributed by atoms with E-state index in [0.29, 0.717) is 17.3 Å². The smallest absolute Gasteiger partial charge is 0.219 e. The molecule has 142 valence electrons. The number of anilines is 2. The van der Waals surface area contributed by atoms with Gasteiger partial charge in [-0.15, -0.1) is 0 Å². The van der Waals surface area contributed by atoms with Crippen LogP contribution >= 0.6 is 0 Å². The quantitative estimate of drug-likeness (QED) is 0.721. The molecular formula is C19H22N4O3S. The third-order valence-corrected chi connectivity index (χ3v) is 5.86. The first-order valence-corrected chi connectivity index (χ1v) is 11.0. The summed E-state index contributed by atoms with van der Waals surface area (Å²) in [7, 11) is -3.22. The molecule has 0 atom stereocenters. The van der Waals surface area contributed by atoms with Crippen LogP contribution in [0, 0.1) is 0 Å². The predicted octanol–water partition coefficient (Wildman–Crippen LogP) is 3.59. The van der Waals surface area contributed by atoms with E-state index >= 15 is 0 Å². The average Bonchev–Trinajstić information content (AvgIpc) is 3.11. The van der Waals surface area contributed by atoms with Crippen LogP contribution in [-0.4, -0.2) is 35.4 Å². The van der Waals surface area contributed by atoms with E-state index in [9.17, 15) is 8.42 Å². The third-order valence-electron chi connectivity index (χ3n) is 4.73. The molecule has 0 saturated heterocycles. The molecule has 0 unspecified atom stereocenters. The van der Waals surface area contributed by atoms with Gasteiger partial charge in [-0.05, 0) is 49.9 Å². The van der Waals surface area contributed by atoms with E-state index < -0.39 is 9.84 Å². The van der Waals surface area contributed by atoms with E-state index in [4.69, 9.17) is 4.74 Å². The molecule has 1 aromatic carbocycles. The van der Waals surface area contributed by atoms with E-state index in [-0.39, 0.29) is 11.0 Å². The lowest BCUT2D eigenvalue weighted by atomic mass is 9.98. The second kappa shape index (κ2) is 7.19. The second-order valence-electron chi connectivity index (χ2n) is 6.88. The molecular weight excluding hydrogens is 364 g/mol. The number of aromatic nitrogens is 3. The average molecular weight is 386 g/mol. The maximum Gasteiger partial charge on any atom is 0.219 e. The molecule has 8 heteroatoms. The van der Waals surface area contributed by atoms with E-state index in [1.54, 1.807) is 35.0 Å². The van der Waals surface area contributed by atoms with Gasteiger partial charge < -0.3 is 10.1 Å². The Bertz CT molecular complexity index is 1040. The maximum absolute atomic E-state index is 11.6. The lowest BCUT2D eigenvalue weighted by molar-refractivity contribution is 0.149. The minimum Gasteiger partial charge on any atom is -0.474 e. The first kappa shape index (κ1) is 17.8. The van der Waals surface area contributed by atoms with Crippen LogP contribution in [0.2, 0.25) is 0 Å². The molecule has 2 aromatic heterocycles. The fourth-order valence-corrected chi connectivity index (χ4v) is 3.96. The molecule has 4 rings (SSSR count). The van der Waals surface area contributed by atoms with E-state index in [0.717, 1.165) is 18.5 Å². The summed E-state index contributed by atoms with van der Waals surface area (Å²) in [5, 5.41) is 7.57. The zero-order valence-corrected chi connectivity index (χ0v) is 15.9. The highest BCUT2D eigenvalue weighted by molar-refractivity contribution is 7.90. The minimum atomic E-state index is -3.22. The molecule has 1 saturated carbocycles. The van der Waals surface area contributed by atoms with Gasteiger partial charge in [0.2, 0.25) is 5.88 Å². The summed E-state index contributed by atoms with van der Waals surface area (Å²) < 4.78 is 31.0. The Hall–Kier alpha value is -2.61. The van der Waals surface area contributed by atoms with Gasteiger partial charge in [0.05, 0.1) is 11.1 Å². The molecule has 0 spiro atoms. The number of rotatable bonds is 5. The standard InChI is InChI=1S/C19H22N4O3S/c1-27(24,25)16-9-7-14(8-10-16)21-18-13-19(22-17-11-12-20-23(17)18)26-15-5-3-2-4-6-15/h7-13,15,21H,2-6H2,1H3. The highest BCUT2D eigenvalue weighted by atomic mass is 32.2. The zero-order valence-electron chi connectivity index (χ0n) is 15.1. The van der Waals surface area contributed by atoms with Gasteiger partial charge in [0, 0.05) is 24.1 Å². The third kappa shape index (κ3) is 4.05. The van der Waals surface area contributed by atoms with Crippen LogP contribution in [0.4, 0.5) is 11.5 Å². The van der Waals surface area contributed by atoms with Gasteiger partial charge in [0.15, 0.2) is 15.5 Å². The number of hydrogen-bond acceptors (Lipinski definition) is 6. The molecule has 7 nitrogen and oxygen atoms in total. The minimum absolute atomic E-state index is 0.207. The Labute approximate surface area is 158 Å². The van der Waals surface area contributed by atoms with Crippen molar-refractivity contribution in [3.8, 4) is 5.88 Å². The Morgan fingerprint density at radius 1 is 1.11 bits per heavy atom. The van der Waals surface area contributed by atoms with E-state index in [1.165, 1.54) is 25.5 Å². The van der Waals surface area contributed by atoms with Crippen molar-refractivity contribution in [3.05, 3.63) is 42.6 Å². The van der Waals surface area contributed by atoms with Gasteiger partial charge >= 0.3 is 0 Å². The Balaban J connectivity index is 1.61. The molecule has 0 amide bonds. The van der Waals surface area contributed by atoms with Crippen LogP contribution in [0.15, 0.2) is 47.5 Å². The molecule has 27 heavy (non-hydrogen) atoms. The highest BCUT2D eigenvalue weighted by Crippen LogP contribution is 2.26. The number of sulfone groups is 1. The largest absolute Gasteiger partial charge is 0.474 e. The van der Waals surface area contributed by atoms with Crippen molar-refractivity contribution in [2.75, 3.05) is 11.6 Å². The number of nitrogens with zero attached hydrogens (tertiary/aromatic N) is 3. The maximum atomic E-state index is 11.6.